The molecule has 0 bridgehead atoms. The number of carbonyl (C=O) groups is 1. The van der Waals surface area contributed by atoms with Crippen molar-refractivity contribution >= 4 is 28.5 Å². The van der Waals surface area contributed by atoms with Gasteiger partial charge in [-0.2, -0.15) is 0 Å². The molecule has 6 nitrogen and oxygen atoms in total. The molecule has 2 aliphatic heterocycles. The highest BCUT2D eigenvalue weighted by Gasteiger charge is 2.32. The summed E-state index contributed by atoms with van der Waals surface area (Å²) in [6.07, 6.45) is 1.59. The Morgan fingerprint density at radius 3 is 2.66 bits per heavy atom. The van der Waals surface area contributed by atoms with E-state index in [1.165, 1.54) is 5.56 Å². The van der Waals surface area contributed by atoms with E-state index >= 15 is 0 Å². The number of imidazole rings is 1. The molecule has 0 spiro atoms. The molecule has 5 rings (SSSR count). The Labute approximate surface area is 193 Å². The molecule has 2 saturated heterocycles. The molecule has 3 heterocycles. The van der Waals surface area contributed by atoms with Gasteiger partial charge in [-0.3, -0.25) is 9.69 Å². The van der Waals surface area contributed by atoms with E-state index in [1.54, 1.807) is 0 Å². The van der Waals surface area contributed by atoms with Gasteiger partial charge in [0, 0.05) is 44.4 Å². The third-order valence-corrected chi connectivity index (χ3v) is 6.91. The maximum Gasteiger partial charge on any atom is 0.251 e. The minimum absolute atomic E-state index is 0.130. The minimum atomic E-state index is -0.237. The average Bonchev–Trinajstić information content (AvgIpc) is 3.47. The Morgan fingerprint density at radius 1 is 1.16 bits per heavy atom. The number of carbonyl (C=O) groups excluding carboxylic acids is 1. The Hall–Kier alpha value is -2.41. The van der Waals surface area contributed by atoms with Crippen molar-refractivity contribution in [2.24, 2.45) is 0 Å². The first-order valence-corrected chi connectivity index (χ1v) is 11.8. The van der Waals surface area contributed by atoms with E-state index in [-0.39, 0.29) is 18.1 Å². The zero-order chi connectivity index (χ0) is 22.1. The summed E-state index contributed by atoms with van der Waals surface area (Å²) in [4.78, 5) is 22.1. The third kappa shape index (κ3) is 4.27. The highest BCUT2D eigenvalue weighted by atomic mass is 35.5. The lowest BCUT2D eigenvalue weighted by Gasteiger charge is -2.38. The predicted octanol–water partition coefficient (Wildman–Crippen LogP) is 4.12. The summed E-state index contributed by atoms with van der Waals surface area (Å²) in [6, 6.07) is 16.5. The molecular formula is C25H29ClN4O2. The fraction of sp³-hybridized carbons (Fsp3) is 0.440. The van der Waals surface area contributed by atoms with E-state index in [2.05, 4.69) is 46.7 Å². The normalized spacial score (nSPS) is 20.7. The van der Waals surface area contributed by atoms with Crippen molar-refractivity contribution < 1.29 is 9.53 Å². The van der Waals surface area contributed by atoms with Crippen LogP contribution in [0.15, 0.2) is 48.5 Å². The van der Waals surface area contributed by atoms with Gasteiger partial charge in [-0.25, -0.2) is 4.98 Å². The van der Waals surface area contributed by atoms with Gasteiger partial charge in [0.1, 0.15) is 11.9 Å². The molecule has 2 aliphatic rings. The molecule has 2 unspecified atom stereocenters. The predicted molar refractivity (Wildman–Crippen MR) is 126 cm³/mol. The Morgan fingerprint density at radius 2 is 1.94 bits per heavy atom. The first kappa shape index (κ1) is 21.4. The number of nitrogens with zero attached hydrogens (tertiary/aromatic N) is 4. The van der Waals surface area contributed by atoms with Gasteiger partial charge < -0.3 is 14.2 Å². The van der Waals surface area contributed by atoms with Gasteiger partial charge in [0.05, 0.1) is 17.1 Å². The number of fused-ring (bicyclic) bond motifs is 1. The number of halogens is 1. The van der Waals surface area contributed by atoms with Crippen LogP contribution in [0.4, 0.5) is 0 Å². The van der Waals surface area contributed by atoms with Gasteiger partial charge in [0.15, 0.2) is 0 Å². The fourth-order valence-corrected chi connectivity index (χ4v) is 5.01. The fourth-order valence-electron chi connectivity index (χ4n) is 4.84. The van der Waals surface area contributed by atoms with E-state index in [4.69, 9.17) is 21.3 Å². The molecule has 168 valence electrons. The molecule has 3 aromatic rings. The largest absolute Gasteiger partial charge is 0.368 e. The monoisotopic (exact) mass is 452 g/mol. The van der Waals surface area contributed by atoms with Gasteiger partial charge in [-0.05, 0) is 43.5 Å². The van der Waals surface area contributed by atoms with Crippen molar-refractivity contribution in [3.63, 3.8) is 0 Å². The van der Waals surface area contributed by atoms with Crippen molar-refractivity contribution in [1.82, 2.24) is 19.4 Å². The summed E-state index contributed by atoms with van der Waals surface area (Å²) in [5, 5.41) is 0.697. The quantitative estimate of drug-likeness (QED) is 0.584. The van der Waals surface area contributed by atoms with Crippen LogP contribution in [0.5, 0.6) is 0 Å². The second-order valence-corrected chi connectivity index (χ2v) is 9.15. The Kier molecular flexibility index (Phi) is 6.17. The Balaban J connectivity index is 1.36. The number of hydrogen-bond donors (Lipinski definition) is 0. The number of rotatable bonds is 5. The van der Waals surface area contributed by atoms with Crippen LogP contribution in [0.25, 0.3) is 11.0 Å². The van der Waals surface area contributed by atoms with Crippen molar-refractivity contribution in [1.29, 1.82) is 0 Å². The topological polar surface area (TPSA) is 50.6 Å². The Bertz CT molecular complexity index is 1090. The molecule has 2 atom stereocenters. The van der Waals surface area contributed by atoms with Gasteiger partial charge >= 0.3 is 0 Å². The number of aromatic nitrogens is 2. The van der Waals surface area contributed by atoms with Crippen LogP contribution in [-0.4, -0.2) is 64.1 Å². The molecule has 1 aromatic heterocycles. The highest BCUT2D eigenvalue weighted by molar-refractivity contribution is 6.31. The second-order valence-electron chi connectivity index (χ2n) is 8.71. The molecule has 0 radical (unpaired) electrons. The number of benzene rings is 2. The maximum atomic E-state index is 12.7. The van der Waals surface area contributed by atoms with E-state index < -0.39 is 0 Å². The standard InChI is InChI=1S/C25H29ClN4O2/c1-18(28-11-13-29(14-12-28)25(31)23-8-5-15-32-23)24-27-21-16-20(26)9-10-22(21)30(24)17-19-6-3-2-4-7-19/h2-4,6-7,9-10,16,18,23H,5,8,11-15,17H2,1H3. The molecule has 0 N–H and O–H groups in total. The molecule has 2 aromatic carbocycles. The van der Waals surface area contributed by atoms with Crippen LogP contribution in [0.1, 0.15) is 37.2 Å². The van der Waals surface area contributed by atoms with Crippen LogP contribution in [0.3, 0.4) is 0 Å². The van der Waals surface area contributed by atoms with Crippen molar-refractivity contribution in [2.75, 3.05) is 32.8 Å². The first-order chi connectivity index (χ1) is 15.6. The number of piperazine rings is 1. The van der Waals surface area contributed by atoms with E-state index in [9.17, 15) is 4.79 Å². The van der Waals surface area contributed by atoms with Crippen LogP contribution >= 0.6 is 11.6 Å². The summed E-state index contributed by atoms with van der Waals surface area (Å²) in [5.74, 6) is 1.19. The summed E-state index contributed by atoms with van der Waals surface area (Å²) in [6.45, 7) is 6.79. The number of hydrogen-bond acceptors (Lipinski definition) is 4. The molecule has 1 amide bonds. The third-order valence-electron chi connectivity index (χ3n) is 6.68. The van der Waals surface area contributed by atoms with Crippen LogP contribution in [0.2, 0.25) is 5.02 Å². The molecular weight excluding hydrogens is 424 g/mol. The van der Waals surface area contributed by atoms with E-state index in [0.717, 1.165) is 62.4 Å². The van der Waals surface area contributed by atoms with Gasteiger partial charge in [-0.1, -0.05) is 41.9 Å². The van der Waals surface area contributed by atoms with Crippen molar-refractivity contribution in [3.05, 3.63) is 64.9 Å². The average molecular weight is 453 g/mol. The zero-order valence-electron chi connectivity index (χ0n) is 18.4. The maximum absolute atomic E-state index is 12.7. The summed E-state index contributed by atoms with van der Waals surface area (Å²) in [5.41, 5.74) is 3.25. The molecule has 2 fully saturated rings. The molecule has 7 heteroatoms. The highest BCUT2D eigenvalue weighted by Crippen LogP contribution is 2.28. The lowest BCUT2D eigenvalue weighted by atomic mass is 10.1. The summed E-state index contributed by atoms with van der Waals surface area (Å²) >= 11 is 6.26. The van der Waals surface area contributed by atoms with E-state index in [1.807, 2.05) is 23.1 Å². The van der Waals surface area contributed by atoms with Gasteiger partial charge in [-0.15, -0.1) is 0 Å². The lowest BCUT2D eigenvalue weighted by molar-refractivity contribution is -0.143. The van der Waals surface area contributed by atoms with Gasteiger partial charge in [0.2, 0.25) is 0 Å². The van der Waals surface area contributed by atoms with E-state index in [0.29, 0.717) is 11.6 Å². The molecule has 0 saturated carbocycles. The smallest absolute Gasteiger partial charge is 0.251 e. The lowest BCUT2D eigenvalue weighted by Crippen LogP contribution is -2.52. The van der Waals surface area contributed by atoms with Crippen LogP contribution < -0.4 is 0 Å². The zero-order valence-corrected chi connectivity index (χ0v) is 19.2. The minimum Gasteiger partial charge on any atom is -0.368 e. The molecule has 32 heavy (non-hydrogen) atoms. The van der Waals surface area contributed by atoms with Crippen molar-refractivity contribution in [3.8, 4) is 0 Å². The number of amides is 1. The summed E-state index contributed by atoms with van der Waals surface area (Å²) < 4.78 is 7.90. The van der Waals surface area contributed by atoms with Gasteiger partial charge in [0.25, 0.3) is 5.91 Å². The summed E-state index contributed by atoms with van der Waals surface area (Å²) in [7, 11) is 0. The van der Waals surface area contributed by atoms with Crippen LogP contribution in [-0.2, 0) is 16.1 Å². The first-order valence-electron chi connectivity index (χ1n) is 11.4. The van der Waals surface area contributed by atoms with Crippen molar-refractivity contribution in [2.45, 2.75) is 38.5 Å². The number of ether oxygens (including phenoxy) is 1. The molecule has 0 aliphatic carbocycles. The second kappa shape index (κ2) is 9.22. The van der Waals surface area contributed by atoms with Crippen LogP contribution in [0, 0.1) is 0 Å². The SMILES string of the molecule is CC(c1nc2cc(Cl)ccc2n1Cc1ccccc1)N1CCN(C(=O)C2CCCO2)CC1.